The molecule has 144 valence electrons. The Bertz CT molecular complexity index is 253. The van der Waals surface area contributed by atoms with Crippen molar-refractivity contribution >= 4 is 5.97 Å². The molecule has 0 unspecified atom stereocenters. The summed E-state index contributed by atoms with van der Waals surface area (Å²) in [5.74, 6) is -0.159. The molecule has 3 nitrogen and oxygen atoms in total. The third-order valence-electron chi connectivity index (χ3n) is 4.61. The molecular formula is C21H42O3. The summed E-state index contributed by atoms with van der Waals surface area (Å²) in [6.07, 6.45) is 22.2. The van der Waals surface area contributed by atoms with Crippen LogP contribution < -0.4 is 0 Å². The molecule has 1 N–H and O–H groups in total. The first-order valence-electron chi connectivity index (χ1n) is 10.5. The molecule has 0 aliphatic heterocycles. The number of rotatable bonds is 19. The number of esters is 1. The van der Waals surface area contributed by atoms with E-state index in [0.717, 1.165) is 12.8 Å². The summed E-state index contributed by atoms with van der Waals surface area (Å²) >= 11 is 0. The first-order chi connectivity index (χ1) is 11.8. The van der Waals surface area contributed by atoms with Gasteiger partial charge in [0, 0.05) is 13.5 Å². The zero-order valence-electron chi connectivity index (χ0n) is 16.2. The molecule has 0 heterocycles. The Morgan fingerprint density at radius 3 is 1.17 bits per heavy atom. The second kappa shape index (κ2) is 20.5. The third kappa shape index (κ3) is 21.4. The summed E-state index contributed by atoms with van der Waals surface area (Å²) in [5, 5.41) is 8.70. The van der Waals surface area contributed by atoms with Crippen molar-refractivity contribution in [3.05, 3.63) is 0 Å². The van der Waals surface area contributed by atoms with Crippen LogP contribution in [0.2, 0.25) is 0 Å². The molecule has 0 aromatic carbocycles. The lowest BCUT2D eigenvalue weighted by Crippen LogP contribution is -2.00. The largest absolute Gasteiger partial charge is 0.466 e. The van der Waals surface area contributed by atoms with Crippen LogP contribution in [0.5, 0.6) is 0 Å². The van der Waals surface area contributed by atoms with E-state index in [-0.39, 0.29) is 5.97 Å². The van der Waals surface area contributed by atoms with Crippen molar-refractivity contribution in [1.82, 2.24) is 0 Å². The second-order valence-corrected chi connectivity index (χ2v) is 7.07. The van der Waals surface area contributed by atoms with Crippen LogP contribution in [0.15, 0.2) is 0 Å². The summed E-state index contributed by atoms with van der Waals surface area (Å²) in [6.45, 7) is 2.43. The third-order valence-corrected chi connectivity index (χ3v) is 4.61. The van der Waals surface area contributed by atoms with Crippen molar-refractivity contribution in [2.24, 2.45) is 0 Å². The van der Waals surface area contributed by atoms with Crippen LogP contribution in [-0.2, 0) is 9.53 Å². The Morgan fingerprint density at radius 1 is 0.583 bits per heavy atom. The molecule has 24 heavy (non-hydrogen) atoms. The van der Waals surface area contributed by atoms with E-state index in [1.165, 1.54) is 103 Å². The van der Waals surface area contributed by atoms with E-state index in [0.29, 0.717) is 13.2 Å². The first kappa shape index (κ1) is 23.4. The molecule has 0 saturated carbocycles. The highest BCUT2D eigenvalue weighted by atomic mass is 16.5. The number of ether oxygens (including phenoxy) is 1. The standard InChI is InChI=1S/C21H42O3/c1-21(23)24-20-18-16-14-12-10-8-6-4-2-3-5-7-9-11-13-15-17-19-22/h22H,2-20H2,1H3. The maximum absolute atomic E-state index is 10.6. The Hall–Kier alpha value is -0.570. The van der Waals surface area contributed by atoms with Gasteiger partial charge in [0.1, 0.15) is 0 Å². The molecule has 0 saturated heterocycles. The van der Waals surface area contributed by atoms with Crippen LogP contribution in [-0.4, -0.2) is 24.3 Å². The number of carbonyl (C=O) groups is 1. The van der Waals surface area contributed by atoms with E-state index in [9.17, 15) is 4.79 Å². The van der Waals surface area contributed by atoms with Gasteiger partial charge in [0.15, 0.2) is 0 Å². The maximum Gasteiger partial charge on any atom is 0.302 e. The van der Waals surface area contributed by atoms with E-state index in [4.69, 9.17) is 9.84 Å². The van der Waals surface area contributed by atoms with Gasteiger partial charge < -0.3 is 9.84 Å². The molecular weight excluding hydrogens is 300 g/mol. The van der Waals surface area contributed by atoms with Gasteiger partial charge in [-0.05, 0) is 12.8 Å². The zero-order chi connectivity index (χ0) is 17.7. The van der Waals surface area contributed by atoms with Gasteiger partial charge in [-0.15, -0.1) is 0 Å². The molecule has 0 amide bonds. The van der Waals surface area contributed by atoms with Gasteiger partial charge in [0.2, 0.25) is 0 Å². The number of aliphatic hydroxyl groups excluding tert-OH is 1. The van der Waals surface area contributed by atoms with Gasteiger partial charge in [-0.2, -0.15) is 0 Å². The van der Waals surface area contributed by atoms with Crippen molar-refractivity contribution in [1.29, 1.82) is 0 Å². The molecule has 0 spiro atoms. The fourth-order valence-electron chi connectivity index (χ4n) is 3.08. The summed E-state index contributed by atoms with van der Waals surface area (Å²) in [6, 6.07) is 0. The van der Waals surface area contributed by atoms with Crippen LogP contribution >= 0.6 is 0 Å². The molecule has 0 aliphatic carbocycles. The van der Waals surface area contributed by atoms with Gasteiger partial charge in [0.25, 0.3) is 0 Å². The first-order valence-corrected chi connectivity index (χ1v) is 10.5. The highest BCUT2D eigenvalue weighted by Crippen LogP contribution is 2.14. The van der Waals surface area contributed by atoms with Crippen molar-refractivity contribution in [3.63, 3.8) is 0 Å². The van der Waals surface area contributed by atoms with Crippen LogP contribution in [0.3, 0.4) is 0 Å². The van der Waals surface area contributed by atoms with E-state index in [1.54, 1.807) is 0 Å². The normalized spacial score (nSPS) is 10.9. The highest BCUT2D eigenvalue weighted by molar-refractivity contribution is 5.65. The van der Waals surface area contributed by atoms with E-state index >= 15 is 0 Å². The summed E-state index contributed by atoms with van der Waals surface area (Å²) in [4.78, 5) is 10.6. The topological polar surface area (TPSA) is 46.5 Å². The Morgan fingerprint density at radius 2 is 0.875 bits per heavy atom. The lowest BCUT2D eigenvalue weighted by Gasteiger charge is -2.04. The molecule has 0 aromatic heterocycles. The van der Waals surface area contributed by atoms with Crippen molar-refractivity contribution in [2.45, 2.75) is 116 Å². The minimum absolute atomic E-state index is 0.159. The second-order valence-electron chi connectivity index (χ2n) is 7.07. The molecule has 0 rings (SSSR count). The number of carbonyl (C=O) groups excluding carboxylic acids is 1. The predicted molar refractivity (Wildman–Crippen MR) is 102 cm³/mol. The fraction of sp³-hybridized carbons (Fsp3) is 0.952. The number of unbranched alkanes of at least 4 members (excludes halogenated alkanes) is 16. The van der Waals surface area contributed by atoms with Gasteiger partial charge >= 0.3 is 5.97 Å². The summed E-state index contributed by atoms with van der Waals surface area (Å²) in [5.41, 5.74) is 0. The highest BCUT2D eigenvalue weighted by Gasteiger charge is 1.96. The minimum Gasteiger partial charge on any atom is -0.466 e. The number of hydrogen-bond donors (Lipinski definition) is 1. The van der Waals surface area contributed by atoms with E-state index in [2.05, 4.69) is 0 Å². The Labute approximate surface area is 150 Å². The quantitative estimate of drug-likeness (QED) is 0.225. The lowest BCUT2D eigenvalue weighted by molar-refractivity contribution is -0.141. The van der Waals surface area contributed by atoms with Crippen LogP contribution in [0, 0.1) is 0 Å². The Kier molecular flexibility index (Phi) is 20.0. The average molecular weight is 343 g/mol. The van der Waals surface area contributed by atoms with Crippen LogP contribution in [0.1, 0.15) is 116 Å². The molecule has 0 bridgehead atoms. The van der Waals surface area contributed by atoms with Crippen LogP contribution in [0.4, 0.5) is 0 Å². The SMILES string of the molecule is CC(=O)OCCCCCCCCCCCCCCCCCCCO. The predicted octanol–water partition coefficient (Wildman–Crippen LogP) is 6.17. The van der Waals surface area contributed by atoms with E-state index in [1.807, 2.05) is 0 Å². The van der Waals surface area contributed by atoms with Gasteiger partial charge in [-0.25, -0.2) is 0 Å². The fourth-order valence-corrected chi connectivity index (χ4v) is 3.08. The molecule has 0 fully saturated rings. The monoisotopic (exact) mass is 342 g/mol. The van der Waals surface area contributed by atoms with Crippen molar-refractivity contribution in [3.8, 4) is 0 Å². The Balaban J connectivity index is 2.97. The maximum atomic E-state index is 10.6. The summed E-state index contributed by atoms with van der Waals surface area (Å²) < 4.78 is 4.92. The average Bonchev–Trinajstić information content (AvgIpc) is 2.56. The van der Waals surface area contributed by atoms with Gasteiger partial charge in [-0.1, -0.05) is 96.3 Å². The van der Waals surface area contributed by atoms with Crippen molar-refractivity contribution in [2.75, 3.05) is 13.2 Å². The molecule has 0 aromatic rings. The van der Waals surface area contributed by atoms with Gasteiger partial charge in [0.05, 0.1) is 6.61 Å². The lowest BCUT2D eigenvalue weighted by atomic mass is 10.0. The smallest absolute Gasteiger partial charge is 0.302 e. The summed E-state index contributed by atoms with van der Waals surface area (Å²) in [7, 11) is 0. The molecule has 3 heteroatoms. The molecule has 0 radical (unpaired) electrons. The molecule has 0 atom stereocenters. The van der Waals surface area contributed by atoms with Crippen molar-refractivity contribution < 1.29 is 14.6 Å². The zero-order valence-corrected chi connectivity index (χ0v) is 16.2. The number of aliphatic hydroxyl groups is 1. The number of hydrogen-bond acceptors (Lipinski definition) is 3. The van der Waals surface area contributed by atoms with Crippen LogP contribution in [0.25, 0.3) is 0 Å². The molecule has 0 aliphatic rings. The van der Waals surface area contributed by atoms with Gasteiger partial charge in [-0.3, -0.25) is 4.79 Å². The van der Waals surface area contributed by atoms with E-state index < -0.39 is 0 Å². The minimum atomic E-state index is -0.159.